The number of benzene rings is 1. The first kappa shape index (κ1) is 15.9. The highest BCUT2D eigenvalue weighted by molar-refractivity contribution is 6.02. The molecule has 0 atom stereocenters. The summed E-state index contributed by atoms with van der Waals surface area (Å²) in [4.78, 5) is 24.7. The van der Waals surface area contributed by atoms with Gasteiger partial charge in [0, 0.05) is 19.0 Å². The van der Waals surface area contributed by atoms with Gasteiger partial charge in [0.15, 0.2) is 11.5 Å². The van der Waals surface area contributed by atoms with Crippen LogP contribution in [0.2, 0.25) is 0 Å². The van der Waals surface area contributed by atoms with Crippen LogP contribution < -0.4 is 14.2 Å². The molecule has 1 aliphatic heterocycles. The molecule has 0 radical (unpaired) electrons. The Balaban J connectivity index is 2.09. The van der Waals surface area contributed by atoms with Crippen molar-refractivity contribution in [3.8, 4) is 17.2 Å². The quantitative estimate of drug-likeness (QED) is 0.798. The van der Waals surface area contributed by atoms with Crippen molar-refractivity contribution in [1.29, 1.82) is 0 Å². The van der Waals surface area contributed by atoms with Crippen LogP contribution in [0.15, 0.2) is 24.3 Å². The molecule has 1 aromatic carbocycles. The lowest BCUT2D eigenvalue weighted by Gasteiger charge is -2.15. The van der Waals surface area contributed by atoms with E-state index in [0.717, 1.165) is 5.56 Å². The second-order valence-corrected chi connectivity index (χ2v) is 4.78. The molecule has 0 saturated heterocycles. The molecule has 0 spiro atoms. The Morgan fingerprint density at radius 1 is 1.14 bits per heavy atom. The molecular weight excluding hydrogens is 286 g/mol. The van der Waals surface area contributed by atoms with Gasteiger partial charge >= 0.3 is 0 Å². The molecule has 22 heavy (non-hydrogen) atoms. The van der Waals surface area contributed by atoms with E-state index in [1.165, 1.54) is 18.1 Å². The first-order valence-electron chi connectivity index (χ1n) is 6.90. The summed E-state index contributed by atoms with van der Waals surface area (Å²) in [6.07, 6.45) is 3.82. The number of imide groups is 1. The smallest absolute Gasteiger partial charge is 0.253 e. The van der Waals surface area contributed by atoms with Gasteiger partial charge < -0.3 is 14.2 Å². The molecule has 0 saturated carbocycles. The maximum absolute atomic E-state index is 12.0. The Labute approximate surface area is 129 Å². The minimum absolute atomic E-state index is 0.191. The molecule has 118 valence electrons. The van der Waals surface area contributed by atoms with Crippen molar-refractivity contribution < 1.29 is 23.8 Å². The molecular formula is C16H19NO5. The normalized spacial score (nSPS) is 13.4. The van der Waals surface area contributed by atoms with E-state index in [9.17, 15) is 9.59 Å². The van der Waals surface area contributed by atoms with Crippen LogP contribution in [-0.2, 0) is 16.0 Å². The van der Waals surface area contributed by atoms with E-state index in [-0.39, 0.29) is 18.2 Å². The number of carbonyl (C=O) groups excluding carboxylic acids is 2. The highest BCUT2D eigenvalue weighted by Crippen LogP contribution is 2.38. The van der Waals surface area contributed by atoms with Crippen molar-refractivity contribution >= 4 is 11.8 Å². The summed E-state index contributed by atoms with van der Waals surface area (Å²) in [7, 11) is 4.62. The van der Waals surface area contributed by atoms with E-state index in [1.807, 2.05) is 0 Å². The highest BCUT2D eigenvalue weighted by Gasteiger charge is 2.22. The largest absolute Gasteiger partial charge is 0.493 e. The number of methoxy groups -OCH3 is 3. The highest BCUT2D eigenvalue weighted by atomic mass is 16.5. The number of hydrogen-bond donors (Lipinski definition) is 0. The average molecular weight is 305 g/mol. The molecule has 0 fully saturated rings. The second-order valence-electron chi connectivity index (χ2n) is 4.78. The number of amides is 2. The van der Waals surface area contributed by atoms with Gasteiger partial charge in [-0.15, -0.1) is 0 Å². The van der Waals surface area contributed by atoms with Gasteiger partial charge in [-0.3, -0.25) is 14.5 Å². The van der Waals surface area contributed by atoms with Crippen molar-refractivity contribution in [2.24, 2.45) is 0 Å². The molecule has 2 rings (SSSR count). The van der Waals surface area contributed by atoms with E-state index in [0.29, 0.717) is 30.2 Å². The monoisotopic (exact) mass is 305 g/mol. The van der Waals surface area contributed by atoms with Crippen LogP contribution in [0.1, 0.15) is 12.0 Å². The van der Waals surface area contributed by atoms with Gasteiger partial charge in [-0.1, -0.05) is 6.08 Å². The molecule has 6 heteroatoms. The van der Waals surface area contributed by atoms with Crippen LogP contribution in [0.5, 0.6) is 17.2 Å². The third-order valence-electron chi connectivity index (χ3n) is 3.47. The fourth-order valence-electron chi connectivity index (χ4n) is 2.33. The van der Waals surface area contributed by atoms with Crippen molar-refractivity contribution in [3.05, 3.63) is 29.8 Å². The van der Waals surface area contributed by atoms with Crippen LogP contribution in [-0.4, -0.2) is 44.6 Å². The molecule has 0 bridgehead atoms. The average Bonchev–Trinajstić information content (AvgIpc) is 2.97. The Bertz CT molecular complexity index is 584. The zero-order chi connectivity index (χ0) is 16.1. The van der Waals surface area contributed by atoms with Gasteiger partial charge in [-0.25, -0.2) is 0 Å². The fourth-order valence-corrected chi connectivity index (χ4v) is 2.33. The van der Waals surface area contributed by atoms with Crippen LogP contribution >= 0.6 is 0 Å². The van der Waals surface area contributed by atoms with E-state index < -0.39 is 0 Å². The molecule has 2 amide bonds. The SMILES string of the molecule is COc1cc(CCC(=O)N2CC=CC2=O)cc(OC)c1OC. The summed E-state index contributed by atoms with van der Waals surface area (Å²) in [6, 6.07) is 3.61. The number of ether oxygens (including phenoxy) is 3. The van der Waals surface area contributed by atoms with E-state index in [2.05, 4.69) is 0 Å². The van der Waals surface area contributed by atoms with Crippen LogP contribution in [0.25, 0.3) is 0 Å². The topological polar surface area (TPSA) is 65.1 Å². The first-order chi connectivity index (χ1) is 10.6. The third-order valence-corrected chi connectivity index (χ3v) is 3.47. The predicted octanol–water partition coefficient (Wildman–Crippen LogP) is 1.57. The van der Waals surface area contributed by atoms with Gasteiger partial charge in [0.2, 0.25) is 11.7 Å². The number of hydrogen-bond acceptors (Lipinski definition) is 5. The molecule has 0 aliphatic carbocycles. The maximum Gasteiger partial charge on any atom is 0.253 e. The van der Waals surface area contributed by atoms with Crippen molar-refractivity contribution in [1.82, 2.24) is 4.90 Å². The summed E-state index contributed by atoms with van der Waals surface area (Å²) in [5.74, 6) is 1.16. The summed E-state index contributed by atoms with van der Waals surface area (Å²) < 4.78 is 15.8. The van der Waals surface area contributed by atoms with Gasteiger partial charge in [0.1, 0.15) is 0 Å². The van der Waals surface area contributed by atoms with Gasteiger partial charge in [0.05, 0.1) is 21.3 Å². The molecule has 6 nitrogen and oxygen atoms in total. The minimum atomic E-state index is -0.255. The van der Waals surface area contributed by atoms with Crippen LogP contribution in [0, 0.1) is 0 Å². The Hall–Kier alpha value is -2.50. The van der Waals surface area contributed by atoms with Crippen molar-refractivity contribution in [2.45, 2.75) is 12.8 Å². The van der Waals surface area contributed by atoms with E-state index in [4.69, 9.17) is 14.2 Å². The van der Waals surface area contributed by atoms with Crippen LogP contribution in [0.3, 0.4) is 0 Å². The van der Waals surface area contributed by atoms with Crippen molar-refractivity contribution in [3.63, 3.8) is 0 Å². The van der Waals surface area contributed by atoms with Gasteiger partial charge in [-0.2, -0.15) is 0 Å². The van der Waals surface area contributed by atoms with Crippen molar-refractivity contribution in [2.75, 3.05) is 27.9 Å². The molecule has 1 aliphatic rings. The Kier molecular flexibility index (Phi) is 5.04. The summed E-state index contributed by atoms with van der Waals surface area (Å²) in [6.45, 7) is 0.354. The lowest BCUT2D eigenvalue weighted by atomic mass is 10.1. The second kappa shape index (κ2) is 6.98. The first-order valence-corrected chi connectivity index (χ1v) is 6.90. The Morgan fingerprint density at radius 2 is 1.77 bits per heavy atom. The number of rotatable bonds is 6. The standard InChI is InChI=1S/C16H19NO5/c1-20-12-9-11(10-13(21-2)16(12)22-3)6-7-15(19)17-8-4-5-14(17)18/h4-5,9-10H,6-8H2,1-3H3. The van der Waals surface area contributed by atoms with E-state index >= 15 is 0 Å². The lowest BCUT2D eigenvalue weighted by molar-refractivity contribution is -0.140. The molecule has 1 aromatic rings. The third kappa shape index (κ3) is 3.21. The minimum Gasteiger partial charge on any atom is -0.493 e. The molecule has 0 unspecified atom stereocenters. The Morgan fingerprint density at radius 3 is 2.23 bits per heavy atom. The predicted molar refractivity (Wildman–Crippen MR) is 80.3 cm³/mol. The summed E-state index contributed by atoms with van der Waals surface area (Å²) in [5, 5.41) is 0. The van der Waals surface area contributed by atoms with Gasteiger partial charge in [0.25, 0.3) is 5.91 Å². The zero-order valence-corrected chi connectivity index (χ0v) is 12.9. The maximum atomic E-state index is 12.0. The zero-order valence-electron chi connectivity index (χ0n) is 12.9. The van der Waals surface area contributed by atoms with Gasteiger partial charge in [-0.05, 0) is 24.1 Å². The molecule has 1 heterocycles. The number of aryl methyl sites for hydroxylation is 1. The number of carbonyl (C=O) groups is 2. The molecule has 0 N–H and O–H groups in total. The fraction of sp³-hybridized carbons (Fsp3) is 0.375. The lowest BCUT2D eigenvalue weighted by Crippen LogP contribution is -2.32. The molecule has 0 aromatic heterocycles. The summed E-state index contributed by atoms with van der Waals surface area (Å²) >= 11 is 0. The number of nitrogens with zero attached hydrogens (tertiary/aromatic N) is 1. The van der Waals surface area contributed by atoms with E-state index in [1.54, 1.807) is 32.4 Å². The van der Waals surface area contributed by atoms with Crippen LogP contribution in [0.4, 0.5) is 0 Å². The summed E-state index contributed by atoms with van der Waals surface area (Å²) in [5.41, 5.74) is 0.877.